The number of hydrogen-bond donors (Lipinski definition) is 1. The van der Waals surface area contributed by atoms with Gasteiger partial charge in [-0.15, -0.1) is 5.10 Å². The van der Waals surface area contributed by atoms with E-state index in [4.69, 9.17) is 10.5 Å². The van der Waals surface area contributed by atoms with E-state index in [1.54, 1.807) is 12.3 Å². The number of nitrogens with two attached hydrogens (primary N) is 1. The minimum Gasteiger partial charge on any atom is -0.382 e. The van der Waals surface area contributed by atoms with Gasteiger partial charge in [-0.3, -0.25) is 0 Å². The monoisotopic (exact) mass is 167 g/mol. The zero-order valence-corrected chi connectivity index (χ0v) is 7.32. The summed E-state index contributed by atoms with van der Waals surface area (Å²) in [5, 5.41) is 7.39. The minimum atomic E-state index is 0.0350. The first-order valence-electron chi connectivity index (χ1n) is 3.93. The lowest BCUT2D eigenvalue weighted by Crippen LogP contribution is -2.02. The van der Waals surface area contributed by atoms with Crippen molar-refractivity contribution >= 4 is 5.82 Å². The van der Waals surface area contributed by atoms with Crippen molar-refractivity contribution in [1.29, 1.82) is 0 Å². The number of nitrogen functional groups attached to an aromatic ring is 1. The fourth-order valence-corrected chi connectivity index (χ4v) is 0.968. The first-order chi connectivity index (χ1) is 5.74. The number of ether oxygens (including phenoxy) is 1. The van der Waals surface area contributed by atoms with Crippen LogP contribution in [-0.4, -0.2) is 16.8 Å². The summed E-state index contributed by atoms with van der Waals surface area (Å²) in [6, 6.07) is 1.77. The molecule has 0 spiro atoms. The highest BCUT2D eigenvalue weighted by Crippen LogP contribution is 2.15. The molecule has 1 rings (SSSR count). The van der Waals surface area contributed by atoms with Gasteiger partial charge in [0, 0.05) is 12.2 Å². The van der Waals surface area contributed by atoms with E-state index in [2.05, 4.69) is 10.2 Å². The summed E-state index contributed by atoms with van der Waals surface area (Å²) in [7, 11) is 0. The Morgan fingerprint density at radius 1 is 1.67 bits per heavy atom. The number of hydrogen-bond acceptors (Lipinski definition) is 4. The highest BCUT2D eigenvalue weighted by Gasteiger charge is 2.05. The zero-order chi connectivity index (χ0) is 8.97. The van der Waals surface area contributed by atoms with Crippen LogP contribution >= 0.6 is 0 Å². The molecular weight excluding hydrogens is 154 g/mol. The van der Waals surface area contributed by atoms with E-state index in [-0.39, 0.29) is 6.10 Å². The van der Waals surface area contributed by atoms with E-state index in [1.165, 1.54) is 0 Å². The van der Waals surface area contributed by atoms with Crippen LogP contribution in [0.15, 0.2) is 12.3 Å². The van der Waals surface area contributed by atoms with Gasteiger partial charge in [0.05, 0.1) is 12.3 Å². The first-order valence-corrected chi connectivity index (χ1v) is 3.93. The van der Waals surface area contributed by atoms with Gasteiger partial charge in [-0.1, -0.05) is 0 Å². The molecule has 0 fully saturated rings. The predicted octanol–water partition coefficient (Wildman–Crippen LogP) is 1.16. The number of aromatic nitrogens is 2. The Labute approximate surface area is 71.8 Å². The van der Waals surface area contributed by atoms with Crippen molar-refractivity contribution in [3.05, 3.63) is 17.8 Å². The van der Waals surface area contributed by atoms with Gasteiger partial charge in [0.15, 0.2) is 0 Å². The Kier molecular flexibility index (Phi) is 2.99. The van der Waals surface area contributed by atoms with E-state index in [0.29, 0.717) is 12.4 Å². The smallest absolute Gasteiger partial charge is 0.146 e. The van der Waals surface area contributed by atoms with Crippen LogP contribution in [0.5, 0.6) is 0 Å². The molecular formula is C8H13N3O. The minimum absolute atomic E-state index is 0.0350. The summed E-state index contributed by atoms with van der Waals surface area (Å²) < 4.78 is 5.36. The summed E-state index contributed by atoms with van der Waals surface area (Å²) in [6.45, 7) is 4.60. The maximum Gasteiger partial charge on any atom is 0.146 e. The Balaban J connectivity index is 2.73. The first kappa shape index (κ1) is 8.93. The summed E-state index contributed by atoms with van der Waals surface area (Å²) in [5.41, 5.74) is 6.43. The van der Waals surface area contributed by atoms with Crippen LogP contribution in [-0.2, 0) is 4.74 Å². The topological polar surface area (TPSA) is 61.0 Å². The van der Waals surface area contributed by atoms with E-state index >= 15 is 0 Å². The summed E-state index contributed by atoms with van der Waals surface area (Å²) >= 11 is 0. The van der Waals surface area contributed by atoms with Crippen LogP contribution in [0.4, 0.5) is 5.82 Å². The highest BCUT2D eigenvalue weighted by molar-refractivity contribution is 5.30. The van der Waals surface area contributed by atoms with Gasteiger partial charge in [0.2, 0.25) is 0 Å². The fraction of sp³-hybridized carbons (Fsp3) is 0.500. The molecule has 0 radical (unpaired) electrons. The molecule has 1 unspecified atom stereocenters. The van der Waals surface area contributed by atoms with Gasteiger partial charge in [0.1, 0.15) is 5.82 Å². The van der Waals surface area contributed by atoms with Crippen LogP contribution in [0.1, 0.15) is 25.5 Å². The third-order valence-corrected chi connectivity index (χ3v) is 1.58. The molecule has 0 aliphatic carbocycles. The van der Waals surface area contributed by atoms with Crippen molar-refractivity contribution in [3.63, 3.8) is 0 Å². The molecule has 4 heteroatoms. The maximum atomic E-state index is 5.46. The van der Waals surface area contributed by atoms with Crippen LogP contribution in [0.2, 0.25) is 0 Å². The van der Waals surface area contributed by atoms with Crippen molar-refractivity contribution in [2.24, 2.45) is 0 Å². The third-order valence-electron chi connectivity index (χ3n) is 1.58. The Hall–Kier alpha value is -1.16. The van der Waals surface area contributed by atoms with Crippen LogP contribution in [0.25, 0.3) is 0 Å². The molecule has 0 aliphatic heterocycles. The van der Waals surface area contributed by atoms with Crippen LogP contribution < -0.4 is 5.73 Å². The maximum absolute atomic E-state index is 5.46. The quantitative estimate of drug-likeness (QED) is 0.733. The number of nitrogens with zero attached hydrogens (tertiary/aromatic N) is 2. The Bertz CT molecular complexity index is 252. The lowest BCUT2D eigenvalue weighted by molar-refractivity contribution is 0.0761. The second kappa shape index (κ2) is 4.01. The highest BCUT2D eigenvalue weighted by atomic mass is 16.5. The number of rotatable bonds is 3. The standard InChI is InChI=1S/C8H13N3O/c1-3-12-6(2)7-4-8(9)11-10-5-7/h4-6H,3H2,1-2H3,(H2,9,11). The van der Waals surface area contributed by atoms with Gasteiger partial charge in [-0.05, 0) is 19.9 Å². The van der Waals surface area contributed by atoms with Crippen molar-refractivity contribution in [2.75, 3.05) is 12.3 Å². The van der Waals surface area contributed by atoms with E-state index in [9.17, 15) is 0 Å². The zero-order valence-electron chi connectivity index (χ0n) is 7.32. The molecule has 1 atom stereocenters. The van der Waals surface area contributed by atoms with Crippen LogP contribution in [0, 0.1) is 0 Å². The van der Waals surface area contributed by atoms with Gasteiger partial charge >= 0.3 is 0 Å². The lowest BCUT2D eigenvalue weighted by Gasteiger charge is -2.10. The lowest BCUT2D eigenvalue weighted by atomic mass is 10.2. The molecule has 0 aliphatic rings. The molecule has 12 heavy (non-hydrogen) atoms. The Morgan fingerprint density at radius 3 is 3.00 bits per heavy atom. The normalized spacial score (nSPS) is 12.8. The van der Waals surface area contributed by atoms with Crippen molar-refractivity contribution in [3.8, 4) is 0 Å². The average molecular weight is 167 g/mol. The molecule has 1 aromatic rings. The SMILES string of the molecule is CCOC(C)c1cnnc(N)c1. The fourth-order valence-electron chi connectivity index (χ4n) is 0.968. The number of anilines is 1. The Morgan fingerprint density at radius 2 is 2.42 bits per heavy atom. The molecule has 0 aromatic carbocycles. The van der Waals surface area contributed by atoms with E-state index < -0.39 is 0 Å². The molecule has 66 valence electrons. The molecule has 1 heterocycles. The molecule has 1 aromatic heterocycles. The molecule has 2 N–H and O–H groups in total. The second-order valence-electron chi connectivity index (χ2n) is 2.51. The van der Waals surface area contributed by atoms with Gasteiger partial charge in [-0.25, -0.2) is 0 Å². The third kappa shape index (κ3) is 2.17. The molecule has 4 nitrogen and oxygen atoms in total. The van der Waals surface area contributed by atoms with Gasteiger partial charge in [0.25, 0.3) is 0 Å². The second-order valence-corrected chi connectivity index (χ2v) is 2.51. The summed E-state index contributed by atoms with van der Waals surface area (Å²) in [4.78, 5) is 0. The van der Waals surface area contributed by atoms with Gasteiger partial charge < -0.3 is 10.5 Å². The van der Waals surface area contributed by atoms with Crippen LogP contribution in [0.3, 0.4) is 0 Å². The molecule has 0 saturated heterocycles. The van der Waals surface area contributed by atoms with Crippen molar-refractivity contribution in [1.82, 2.24) is 10.2 Å². The van der Waals surface area contributed by atoms with E-state index in [1.807, 2.05) is 13.8 Å². The molecule has 0 bridgehead atoms. The average Bonchev–Trinajstić information content (AvgIpc) is 2.05. The summed E-state index contributed by atoms with van der Waals surface area (Å²) in [6.07, 6.45) is 1.70. The molecule has 0 amide bonds. The van der Waals surface area contributed by atoms with Gasteiger partial charge in [-0.2, -0.15) is 5.10 Å². The predicted molar refractivity (Wildman–Crippen MR) is 46.5 cm³/mol. The molecule has 0 saturated carbocycles. The van der Waals surface area contributed by atoms with Crippen molar-refractivity contribution in [2.45, 2.75) is 20.0 Å². The van der Waals surface area contributed by atoms with Crippen molar-refractivity contribution < 1.29 is 4.74 Å². The largest absolute Gasteiger partial charge is 0.382 e. The summed E-state index contributed by atoms with van der Waals surface area (Å²) in [5.74, 6) is 0.430. The van der Waals surface area contributed by atoms with E-state index in [0.717, 1.165) is 5.56 Å².